The van der Waals surface area contributed by atoms with Gasteiger partial charge < -0.3 is 9.47 Å². The van der Waals surface area contributed by atoms with Crippen LogP contribution in [0.1, 0.15) is 18.1 Å². The average molecular weight is 238 g/mol. The first kappa shape index (κ1) is 11.3. The Bertz CT molecular complexity index is 428. The summed E-state index contributed by atoms with van der Waals surface area (Å²) in [6.45, 7) is 0.631. The Labute approximate surface area is 99.5 Å². The number of ether oxygens (including phenoxy) is 2. The Morgan fingerprint density at radius 2 is 2.38 bits per heavy atom. The Morgan fingerprint density at radius 3 is 3.00 bits per heavy atom. The predicted octanol–water partition coefficient (Wildman–Crippen LogP) is 2.95. The SMILES string of the molecule is COc1ccc(C2OCCC2C#N)cc1Cl. The van der Waals surface area contributed by atoms with E-state index >= 15 is 0 Å². The van der Waals surface area contributed by atoms with Gasteiger partial charge in [-0.25, -0.2) is 0 Å². The van der Waals surface area contributed by atoms with Crippen molar-refractivity contribution in [3.8, 4) is 11.8 Å². The Kier molecular flexibility index (Phi) is 3.33. The summed E-state index contributed by atoms with van der Waals surface area (Å²) in [6.07, 6.45) is 0.624. The molecule has 1 aromatic rings. The lowest BCUT2D eigenvalue weighted by molar-refractivity contribution is 0.101. The van der Waals surface area contributed by atoms with Gasteiger partial charge in [0.1, 0.15) is 5.75 Å². The summed E-state index contributed by atoms with van der Waals surface area (Å²) in [5.41, 5.74) is 0.940. The molecule has 0 amide bonds. The predicted molar refractivity (Wildman–Crippen MR) is 60.4 cm³/mol. The van der Waals surface area contributed by atoms with Crippen LogP contribution in [-0.2, 0) is 4.74 Å². The molecule has 0 spiro atoms. The molecule has 0 aromatic heterocycles. The molecule has 84 valence electrons. The number of rotatable bonds is 2. The zero-order valence-corrected chi connectivity index (χ0v) is 9.70. The monoisotopic (exact) mass is 237 g/mol. The minimum Gasteiger partial charge on any atom is -0.495 e. The van der Waals surface area contributed by atoms with E-state index in [2.05, 4.69) is 6.07 Å². The topological polar surface area (TPSA) is 42.2 Å². The van der Waals surface area contributed by atoms with Crippen molar-refractivity contribution in [1.29, 1.82) is 5.26 Å². The van der Waals surface area contributed by atoms with E-state index in [1.807, 2.05) is 6.07 Å². The minimum atomic E-state index is -0.159. The molecule has 2 unspecified atom stereocenters. The van der Waals surface area contributed by atoms with Gasteiger partial charge in [0.05, 0.1) is 30.2 Å². The average Bonchev–Trinajstić information content (AvgIpc) is 2.77. The van der Waals surface area contributed by atoms with Crippen molar-refractivity contribution < 1.29 is 9.47 Å². The summed E-state index contributed by atoms with van der Waals surface area (Å²) in [6, 6.07) is 7.76. The molecule has 0 aliphatic carbocycles. The van der Waals surface area contributed by atoms with Gasteiger partial charge in [0.15, 0.2) is 0 Å². The van der Waals surface area contributed by atoms with E-state index in [1.165, 1.54) is 0 Å². The van der Waals surface area contributed by atoms with Crippen molar-refractivity contribution in [3.05, 3.63) is 28.8 Å². The molecule has 1 aliphatic rings. The molecule has 16 heavy (non-hydrogen) atoms. The molecule has 0 N–H and O–H groups in total. The maximum Gasteiger partial charge on any atom is 0.137 e. The molecule has 1 aliphatic heterocycles. The van der Waals surface area contributed by atoms with E-state index in [0.29, 0.717) is 17.4 Å². The van der Waals surface area contributed by atoms with Crippen LogP contribution < -0.4 is 4.74 Å². The van der Waals surface area contributed by atoms with Crippen LogP contribution in [0.2, 0.25) is 5.02 Å². The zero-order valence-electron chi connectivity index (χ0n) is 8.94. The fourth-order valence-electron chi connectivity index (χ4n) is 1.91. The molecular formula is C12H12ClNO2. The molecule has 3 nitrogen and oxygen atoms in total. The zero-order chi connectivity index (χ0) is 11.5. The van der Waals surface area contributed by atoms with E-state index in [4.69, 9.17) is 26.3 Å². The van der Waals surface area contributed by atoms with Gasteiger partial charge >= 0.3 is 0 Å². The molecule has 0 bridgehead atoms. The summed E-state index contributed by atoms with van der Waals surface area (Å²) in [5, 5.41) is 9.53. The smallest absolute Gasteiger partial charge is 0.137 e. The van der Waals surface area contributed by atoms with Crippen molar-refractivity contribution in [1.82, 2.24) is 0 Å². The summed E-state index contributed by atoms with van der Waals surface area (Å²) in [4.78, 5) is 0. The van der Waals surface area contributed by atoms with Gasteiger partial charge in [0.25, 0.3) is 0 Å². The Morgan fingerprint density at radius 1 is 1.56 bits per heavy atom. The molecule has 0 radical (unpaired) electrons. The Hall–Kier alpha value is -1.24. The van der Waals surface area contributed by atoms with E-state index in [1.54, 1.807) is 19.2 Å². The summed E-state index contributed by atoms with van der Waals surface area (Å²) < 4.78 is 10.6. The van der Waals surface area contributed by atoms with Crippen LogP contribution in [0.3, 0.4) is 0 Å². The fourth-order valence-corrected chi connectivity index (χ4v) is 2.18. The van der Waals surface area contributed by atoms with Crippen LogP contribution in [0.5, 0.6) is 5.75 Å². The third kappa shape index (κ3) is 1.99. The van der Waals surface area contributed by atoms with Crippen molar-refractivity contribution in [2.75, 3.05) is 13.7 Å². The normalized spacial score (nSPS) is 24.1. The number of hydrogen-bond donors (Lipinski definition) is 0. The fraction of sp³-hybridized carbons (Fsp3) is 0.417. The van der Waals surface area contributed by atoms with Crippen LogP contribution in [0.4, 0.5) is 0 Å². The molecular weight excluding hydrogens is 226 g/mol. The lowest BCUT2D eigenvalue weighted by Crippen LogP contribution is -2.05. The van der Waals surface area contributed by atoms with Gasteiger partial charge in [-0.3, -0.25) is 0 Å². The van der Waals surface area contributed by atoms with Crippen molar-refractivity contribution in [3.63, 3.8) is 0 Å². The standard InChI is InChI=1S/C12H12ClNO2/c1-15-11-3-2-8(6-10(11)13)12-9(7-14)4-5-16-12/h2-3,6,9,12H,4-5H2,1H3. The number of halogens is 1. The quantitative estimate of drug-likeness (QED) is 0.794. The number of methoxy groups -OCH3 is 1. The Balaban J connectivity index is 2.28. The van der Waals surface area contributed by atoms with Crippen molar-refractivity contribution in [2.24, 2.45) is 5.92 Å². The second-order valence-electron chi connectivity index (χ2n) is 3.71. The van der Waals surface area contributed by atoms with Crippen molar-refractivity contribution in [2.45, 2.75) is 12.5 Å². The second kappa shape index (κ2) is 4.73. The van der Waals surface area contributed by atoms with E-state index < -0.39 is 0 Å². The van der Waals surface area contributed by atoms with Crippen LogP contribution in [-0.4, -0.2) is 13.7 Å². The molecule has 1 fully saturated rings. The third-order valence-electron chi connectivity index (χ3n) is 2.76. The highest BCUT2D eigenvalue weighted by Gasteiger charge is 2.29. The van der Waals surface area contributed by atoms with Crippen LogP contribution in [0.15, 0.2) is 18.2 Å². The van der Waals surface area contributed by atoms with Gasteiger partial charge in [0, 0.05) is 6.61 Å². The van der Waals surface area contributed by atoms with Crippen LogP contribution in [0.25, 0.3) is 0 Å². The number of benzene rings is 1. The first-order valence-corrected chi connectivity index (χ1v) is 5.48. The molecule has 2 rings (SSSR count). The third-order valence-corrected chi connectivity index (χ3v) is 3.06. The summed E-state index contributed by atoms with van der Waals surface area (Å²) in [5.74, 6) is 0.557. The van der Waals surface area contributed by atoms with Gasteiger partial charge in [-0.2, -0.15) is 5.26 Å². The van der Waals surface area contributed by atoms with Gasteiger partial charge in [-0.1, -0.05) is 17.7 Å². The molecule has 1 heterocycles. The van der Waals surface area contributed by atoms with Crippen LogP contribution in [0, 0.1) is 17.2 Å². The van der Waals surface area contributed by atoms with Crippen molar-refractivity contribution >= 4 is 11.6 Å². The van der Waals surface area contributed by atoms with E-state index in [-0.39, 0.29) is 12.0 Å². The highest BCUT2D eigenvalue weighted by atomic mass is 35.5. The first-order chi connectivity index (χ1) is 7.76. The number of nitrogens with zero attached hydrogens (tertiary/aromatic N) is 1. The molecule has 0 saturated carbocycles. The molecule has 1 saturated heterocycles. The molecule has 4 heteroatoms. The number of hydrogen-bond acceptors (Lipinski definition) is 3. The van der Waals surface area contributed by atoms with Crippen LogP contribution >= 0.6 is 11.6 Å². The summed E-state index contributed by atoms with van der Waals surface area (Å²) in [7, 11) is 1.57. The van der Waals surface area contributed by atoms with Gasteiger partial charge in [-0.05, 0) is 24.1 Å². The largest absolute Gasteiger partial charge is 0.495 e. The maximum absolute atomic E-state index is 8.98. The maximum atomic E-state index is 8.98. The van der Waals surface area contributed by atoms with E-state index in [0.717, 1.165) is 12.0 Å². The van der Waals surface area contributed by atoms with Gasteiger partial charge in [-0.15, -0.1) is 0 Å². The van der Waals surface area contributed by atoms with E-state index in [9.17, 15) is 0 Å². The molecule has 2 atom stereocenters. The lowest BCUT2D eigenvalue weighted by Gasteiger charge is -2.14. The highest BCUT2D eigenvalue weighted by molar-refractivity contribution is 6.32. The van der Waals surface area contributed by atoms with Gasteiger partial charge in [0.2, 0.25) is 0 Å². The number of nitriles is 1. The second-order valence-corrected chi connectivity index (χ2v) is 4.12. The molecule has 1 aromatic carbocycles. The first-order valence-electron chi connectivity index (χ1n) is 5.11. The lowest BCUT2D eigenvalue weighted by atomic mass is 9.97. The summed E-state index contributed by atoms with van der Waals surface area (Å²) >= 11 is 6.04. The highest BCUT2D eigenvalue weighted by Crippen LogP contribution is 2.36. The minimum absolute atomic E-state index is 0.0792.